The van der Waals surface area contributed by atoms with E-state index >= 15 is 0 Å². The van der Waals surface area contributed by atoms with Crippen molar-refractivity contribution >= 4 is 15.8 Å². The summed E-state index contributed by atoms with van der Waals surface area (Å²) in [6.45, 7) is 3.35. The zero-order valence-corrected chi connectivity index (χ0v) is 11.4. The maximum absolute atomic E-state index is 11.5. The molecule has 1 rings (SSSR count). The molecule has 0 aliphatic heterocycles. The molecule has 18 heavy (non-hydrogen) atoms. The van der Waals surface area contributed by atoms with Crippen LogP contribution in [-0.2, 0) is 20.0 Å². The second kappa shape index (κ2) is 4.70. The first-order chi connectivity index (χ1) is 8.06. The van der Waals surface area contributed by atoms with E-state index in [0.29, 0.717) is 5.56 Å². The standard InChI is InChI=1S/C12H17NO4S/c1-12(2,10(13)11(14)15)8-5-4-6-9(7-8)18(3,16)17/h4-7,10H,13H2,1-3H3,(H,14,15). The number of benzene rings is 1. The molecule has 1 atom stereocenters. The van der Waals surface area contributed by atoms with Crippen LogP contribution in [0.2, 0.25) is 0 Å². The lowest BCUT2D eigenvalue weighted by molar-refractivity contribution is -0.140. The first-order valence-corrected chi connectivity index (χ1v) is 7.25. The average molecular weight is 271 g/mol. The molecule has 1 aromatic carbocycles. The van der Waals surface area contributed by atoms with Crippen LogP contribution < -0.4 is 5.73 Å². The molecule has 0 heterocycles. The maximum atomic E-state index is 11.5. The molecular formula is C12H17NO4S. The summed E-state index contributed by atoms with van der Waals surface area (Å²) >= 11 is 0. The van der Waals surface area contributed by atoms with Crippen molar-refractivity contribution in [2.24, 2.45) is 5.73 Å². The molecule has 1 unspecified atom stereocenters. The highest BCUT2D eigenvalue weighted by molar-refractivity contribution is 7.90. The van der Waals surface area contributed by atoms with Gasteiger partial charge >= 0.3 is 5.97 Å². The molecule has 5 nitrogen and oxygen atoms in total. The molecule has 3 N–H and O–H groups in total. The van der Waals surface area contributed by atoms with E-state index in [1.54, 1.807) is 26.0 Å². The Bertz CT molecular complexity index is 563. The van der Waals surface area contributed by atoms with E-state index in [-0.39, 0.29) is 4.90 Å². The second-order valence-electron chi connectivity index (χ2n) is 4.84. The third kappa shape index (κ3) is 2.88. The number of carbonyl (C=O) groups is 1. The van der Waals surface area contributed by atoms with Crippen molar-refractivity contribution in [3.8, 4) is 0 Å². The minimum Gasteiger partial charge on any atom is -0.480 e. The van der Waals surface area contributed by atoms with Crippen molar-refractivity contribution in [3.63, 3.8) is 0 Å². The Morgan fingerprint density at radius 2 is 1.94 bits per heavy atom. The van der Waals surface area contributed by atoms with Crippen LogP contribution in [-0.4, -0.2) is 31.8 Å². The van der Waals surface area contributed by atoms with Crippen LogP contribution in [0.1, 0.15) is 19.4 Å². The molecule has 0 bridgehead atoms. The molecule has 0 aromatic heterocycles. The molecule has 0 saturated heterocycles. The lowest BCUT2D eigenvalue weighted by Crippen LogP contribution is -2.46. The summed E-state index contributed by atoms with van der Waals surface area (Å²) in [5, 5.41) is 8.96. The van der Waals surface area contributed by atoms with Gasteiger partial charge in [0.15, 0.2) is 9.84 Å². The average Bonchev–Trinajstić information content (AvgIpc) is 2.27. The number of carboxylic acid groups (broad SMARTS) is 1. The molecule has 0 saturated carbocycles. The van der Waals surface area contributed by atoms with Crippen molar-refractivity contribution in [2.45, 2.75) is 30.2 Å². The minimum atomic E-state index is -3.32. The fourth-order valence-electron chi connectivity index (χ4n) is 1.62. The van der Waals surface area contributed by atoms with Gasteiger partial charge in [0.05, 0.1) is 4.90 Å². The molecule has 6 heteroatoms. The Balaban J connectivity index is 3.30. The van der Waals surface area contributed by atoms with E-state index in [4.69, 9.17) is 10.8 Å². The summed E-state index contributed by atoms with van der Waals surface area (Å²) in [6, 6.07) is 5.10. The van der Waals surface area contributed by atoms with Crippen LogP contribution in [0.15, 0.2) is 29.2 Å². The predicted octanol–water partition coefficient (Wildman–Crippen LogP) is 0.780. The van der Waals surface area contributed by atoms with E-state index in [2.05, 4.69) is 0 Å². The topological polar surface area (TPSA) is 97.5 Å². The Kier molecular flexibility index (Phi) is 3.83. The van der Waals surface area contributed by atoms with Crippen LogP contribution in [0.3, 0.4) is 0 Å². The highest BCUT2D eigenvalue weighted by Gasteiger charge is 2.34. The summed E-state index contributed by atoms with van der Waals surface area (Å²) in [4.78, 5) is 11.1. The van der Waals surface area contributed by atoms with Crippen LogP contribution in [0.5, 0.6) is 0 Å². The highest BCUT2D eigenvalue weighted by Crippen LogP contribution is 2.28. The van der Waals surface area contributed by atoms with E-state index in [9.17, 15) is 13.2 Å². The number of aliphatic carboxylic acids is 1. The largest absolute Gasteiger partial charge is 0.480 e. The molecule has 0 radical (unpaired) electrons. The van der Waals surface area contributed by atoms with Crippen molar-refractivity contribution in [3.05, 3.63) is 29.8 Å². The lowest BCUT2D eigenvalue weighted by Gasteiger charge is -2.29. The van der Waals surface area contributed by atoms with E-state index in [1.807, 2.05) is 0 Å². The maximum Gasteiger partial charge on any atom is 0.321 e. The zero-order valence-electron chi connectivity index (χ0n) is 10.5. The fourth-order valence-corrected chi connectivity index (χ4v) is 2.28. The number of rotatable bonds is 4. The third-order valence-corrected chi connectivity index (χ3v) is 4.16. The normalized spacial score (nSPS) is 14.2. The monoisotopic (exact) mass is 271 g/mol. The van der Waals surface area contributed by atoms with Gasteiger partial charge in [-0.05, 0) is 17.7 Å². The van der Waals surface area contributed by atoms with Crippen molar-refractivity contribution in [1.82, 2.24) is 0 Å². The SMILES string of the molecule is CC(C)(c1cccc(S(C)(=O)=O)c1)C(N)C(=O)O. The van der Waals surface area contributed by atoms with Gasteiger partial charge in [-0.15, -0.1) is 0 Å². The van der Waals surface area contributed by atoms with Gasteiger partial charge in [0.2, 0.25) is 0 Å². The molecule has 0 spiro atoms. The quantitative estimate of drug-likeness (QED) is 0.843. The Morgan fingerprint density at radius 3 is 2.39 bits per heavy atom. The van der Waals surface area contributed by atoms with Crippen LogP contribution in [0.4, 0.5) is 0 Å². The minimum absolute atomic E-state index is 0.158. The molecular weight excluding hydrogens is 254 g/mol. The van der Waals surface area contributed by atoms with Gasteiger partial charge in [-0.25, -0.2) is 8.42 Å². The molecule has 0 fully saturated rings. The molecule has 0 amide bonds. The summed E-state index contributed by atoms with van der Waals surface area (Å²) in [5.41, 5.74) is 5.37. The number of sulfone groups is 1. The van der Waals surface area contributed by atoms with Gasteiger partial charge in [0, 0.05) is 11.7 Å². The van der Waals surface area contributed by atoms with Crippen LogP contribution in [0.25, 0.3) is 0 Å². The van der Waals surface area contributed by atoms with Crippen LogP contribution in [0, 0.1) is 0 Å². The van der Waals surface area contributed by atoms with Crippen molar-refractivity contribution < 1.29 is 18.3 Å². The Morgan fingerprint density at radius 1 is 1.39 bits per heavy atom. The number of nitrogens with two attached hydrogens (primary N) is 1. The Labute approximate surface area is 107 Å². The number of carboxylic acids is 1. The zero-order chi connectivity index (χ0) is 14.1. The van der Waals surface area contributed by atoms with Crippen molar-refractivity contribution in [1.29, 1.82) is 0 Å². The van der Waals surface area contributed by atoms with Gasteiger partial charge in [0.25, 0.3) is 0 Å². The summed E-state index contributed by atoms with van der Waals surface area (Å²) in [6.07, 6.45) is 1.11. The number of hydrogen-bond acceptors (Lipinski definition) is 4. The van der Waals surface area contributed by atoms with Gasteiger partial charge in [-0.2, -0.15) is 0 Å². The summed E-state index contributed by atoms with van der Waals surface area (Å²) in [5.74, 6) is -1.12. The van der Waals surface area contributed by atoms with E-state index in [1.165, 1.54) is 12.1 Å². The highest BCUT2D eigenvalue weighted by atomic mass is 32.2. The third-order valence-electron chi connectivity index (χ3n) is 3.05. The van der Waals surface area contributed by atoms with Gasteiger partial charge < -0.3 is 10.8 Å². The molecule has 1 aromatic rings. The van der Waals surface area contributed by atoms with E-state index in [0.717, 1.165) is 6.26 Å². The second-order valence-corrected chi connectivity index (χ2v) is 6.85. The van der Waals surface area contributed by atoms with Gasteiger partial charge in [0.1, 0.15) is 6.04 Å². The summed E-state index contributed by atoms with van der Waals surface area (Å²) < 4.78 is 22.9. The molecule has 0 aliphatic rings. The fraction of sp³-hybridized carbons (Fsp3) is 0.417. The summed E-state index contributed by atoms with van der Waals surface area (Å²) in [7, 11) is -3.32. The smallest absolute Gasteiger partial charge is 0.321 e. The first kappa shape index (κ1) is 14.7. The van der Waals surface area contributed by atoms with Crippen molar-refractivity contribution in [2.75, 3.05) is 6.26 Å². The number of hydrogen-bond donors (Lipinski definition) is 2. The Hall–Kier alpha value is -1.40. The first-order valence-electron chi connectivity index (χ1n) is 5.36. The predicted molar refractivity (Wildman–Crippen MR) is 68.2 cm³/mol. The van der Waals surface area contributed by atoms with Crippen LogP contribution >= 0.6 is 0 Å². The molecule has 100 valence electrons. The molecule has 0 aliphatic carbocycles. The van der Waals surface area contributed by atoms with Gasteiger partial charge in [-0.3, -0.25) is 4.79 Å². The lowest BCUT2D eigenvalue weighted by atomic mass is 9.78. The van der Waals surface area contributed by atoms with Gasteiger partial charge in [-0.1, -0.05) is 26.0 Å². The van der Waals surface area contributed by atoms with E-state index < -0.39 is 27.3 Å².